The fraction of sp³-hybridized carbons (Fsp3) is 0.476. The molecule has 2 aliphatic rings. The fourth-order valence-electron chi connectivity index (χ4n) is 4.18. The Hall–Kier alpha value is -3.08. The Bertz CT molecular complexity index is 993. The number of hydrogen-bond acceptors (Lipinski definition) is 5. The van der Waals surface area contributed by atoms with Gasteiger partial charge in [-0.05, 0) is 36.6 Å². The molecule has 11 heteroatoms. The number of anilines is 1. The van der Waals surface area contributed by atoms with E-state index in [0.29, 0.717) is 45.8 Å². The van der Waals surface area contributed by atoms with E-state index in [-0.39, 0.29) is 11.4 Å². The lowest BCUT2D eigenvalue weighted by Gasteiger charge is -2.34. The van der Waals surface area contributed by atoms with Gasteiger partial charge in [0.15, 0.2) is 5.69 Å². The molecule has 4 rings (SSSR count). The molecule has 2 saturated heterocycles. The Kier molecular flexibility index (Phi) is 6.09. The average molecular weight is 451 g/mol. The molecular formula is C21H24F3N5O3. The molecule has 1 aromatic carbocycles. The number of carbonyl (C=O) groups is 2. The molecule has 8 nitrogen and oxygen atoms in total. The molecule has 2 fully saturated rings. The molecule has 172 valence electrons. The van der Waals surface area contributed by atoms with E-state index in [1.807, 2.05) is 0 Å². The van der Waals surface area contributed by atoms with E-state index in [9.17, 15) is 22.8 Å². The van der Waals surface area contributed by atoms with Crippen LogP contribution in [-0.2, 0) is 12.7 Å². The second-order valence-corrected chi connectivity index (χ2v) is 8.04. The van der Waals surface area contributed by atoms with Crippen molar-refractivity contribution in [2.75, 3.05) is 44.2 Å². The van der Waals surface area contributed by atoms with E-state index >= 15 is 0 Å². The summed E-state index contributed by atoms with van der Waals surface area (Å²) >= 11 is 0. The minimum absolute atomic E-state index is 0.201. The number of aromatic carboxylic acids is 1. The van der Waals surface area contributed by atoms with Crippen LogP contribution in [0.25, 0.3) is 0 Å². The zero-order chi connectivity index (χ0) is 22.9. The van der Waals surface area contributed by atoms with Crippen LogP contribution in [0.1, 0.15) is 34.5 Å². The van der Waals surface area contributed by atoms with Crippen LogP contribution in [0.4, 0.5) is 23.7 Å². The fourth-order valence-corrected chi connectivity index (χ4v) is 4.18. The van der Waals surface area contributed by atoms with Gasteiger partial charge in [0.2, 0.25) is 0 Å². The summed E-state index contributed by atoms with van der Waals surface area (Å²) in [5, 5.41) is 12.7. The molecule has 0 unspecified atom stereocenters. The van der Waals surface area contributed by atoms with Crippen LogP contribution in [0.15, 0.2) is 30.5 Å². The van der Waals surface area contributed by atoms with Gasteiger partial charge in [-0.15, -0.1) is 0 Å². The van der Waals surface area contributed by atoms with E-state index in [4.69, 9.17) is 5.11 Å². The Balaban J connectivity index is 1.40. The summed E-state index contributed by atoms with van der Waals surface area (Å²) in [6, 6.07) is 5.20. The van der Waals surface area contributed by atoms with Crippen LogP contribution in [0.5, 0.6) is 0 Å². The monoisotopic (exact) mass is 451 g/mol. The molecule has 1 amide bonds. The summed E-state index contributed by atoms with van der Waals surface area (Å²) in [4.78, 5) is 28.9. The highest BCUT2D eigenvalue weighted by atomic mass is 19.4. The third-order valence-corrected chi connectivity index (χ3v) is 5.87. The molecule has 3 heterocycles. The number of carbonyl (C=O) groups excluding carboxylic acids is 1. The number of carboxylic acid groups (broad SMARTS) is 1. The maximum Gasteiger partial charge on any atom is 0.418 e. The van der Waals surface area contributed by atoms with E-state index in [1.165, 1.54) is 24.4 Å². The van der Waals surface area contributed by atoms with Crippen LogP contribution in [0.3, 0.4) is 0 Å². The molecule has 0 radical (unpaired) electrons. The van der Waals surface area contributed by atoms with Crippen LogP contribution in [-0.4, -0.2) is 76.0 Å². The van der Waals surface area contributed by atoms with Crippen molar-refractivity contribution in [3.05, 3.63) is 47.3 Å². The first-order valence-electron chi connectivity index (χ1n) is 10.5. The van der Waals surface area contributed by atoms with Crippen molar-refractivity contribution in [2.45, 2.75) is 25.6 Å². The molecular weight excluding hydrogens is 427 g/mol. The zero-order valence-electron chi connectivity index (χ0n) is 17.4. The molecule has 2 aliphatic heterocycles. The minimum atomic E-state index is -4.39. The van der Waals surface area contributed by atoms with Gasteiger partial charge in [0, 0.05) is 57.7 Å². The van der Waals surface area contributed by atoms with Gasteiger partial charge in [-0.2, -0.15) is 23.0 Å². The highest BCUT2D eigenvalue weighted by Gasteiger charge is 2.35. The smallest absolute Gasteiger partial charge is 0.418 e. The first-order chi connectivity index (χ1) is 15.2. The first-order valence-corrected chi connectivity index (χ1v) is 10.5. The number of hydrogen-bond donors (Lipinski definition) is 1. The maximum absolute atomic E-state index is 13.5. The molecule has 32 heavy (non-hydrogen) atoms. The Morgan fingerprint density at radius 3 is 2.28 bits per heavy atom. The maximum atomic E-state index is 13.5. The number of aromatic nitrogens is 2. The Morgan fingerprint density at radius 1 is 1.00 bits per heavy atom. The number of amides is 1. The molecule has 0 bridgehead atoms. The minimum Gasteiger partial charge on any atom is -0.476 e. The van der Waals surface area contributed by atoms with E-state index in [1.54, 1.807) is 15.9 Å². The second-order valence-electron chi connectivity index (χ2n) is 8.04. The Labute approximate surface area is 182 Å². The highest BCUT2D eigenvalue weighted by molar-refractivity contribution is 5.86. The number of alkyl halides is 3. The van der Waals surface area contributed by atoms with Gasteiger partial charge >= 0.3 is 18.2 Å². The number of nitrogens with zero attached hydrogens (tertiary/aromatic N) is 5. The summed E-state index contributed by atoms with van der Waals surface area (Å²) in [6.07, 6.45) is -1.29. The second kappa shape index (κ2) is 8.81. The van der Waals surface area contributed by atoms with Gasteiger partial charge in [-0.3, -0.25) is 4.90 Å². The van der Waals surface area contributed by atoms with Crippen LogP contribution < -0.4 is 4.90 Å². The number of carboxylic acids is 1. The standard InChI is InChI=1S/C21H24F3N5O3/c22-21(23,24)16-4-3-15(13-18(16)27-6-1-2-7-27)14-26-9-11-28(12-10-26)20(32)29-8-5-17(25-29)19(30)31/h3-5,8,13H,1-2,6-7,9-12,14H2,(H,30,31). The van der Waals surface area contributed by atoms with Crippen molar-refractivity contribution in [1.29, 1.82) is 0 Å². The third-order valence-electron chi connectivity index (χ3n) is 5.87. The first kappa shape index (κ1) is 22.1. The summed E-state index contributed by atoms with van der Waals surface area (Å²) in [7, 11) is 0. The number of piperazine rings is 1. The van der Waals surface area contributed by atoms with Gasteiger partial charge in [0.1, 0.15) is 0 Å². The molecule has 0 aliphatic carbocycles. The van der Waals surface area contributed by atoms with E-state index in [0.717, 1.165) is 23.1 Å². The van der Waals surface area contributed by atoms with Crippen molar-refractivity contribution < 1.29 is 27.9 Å². The molecule has 1 N–H and O–H groups in total. The van der Waals surface area contributed by atoms with Gasteiger partial charge < -0.3 is 14.9 Å². The largest absolute Gasteiger partial charge is 0.476 e. The van der Waals surface area contributed by atoms with Crippen LogP contribution >= 0.6 is 0 Å². The number of halogens is 3. The number of rotatable bonds is 4. The van der Waals surface area contributed by atoms with Gasteiger partial charge in [-0.1, -0.05) is 6.07 Å². The van der Waals surface area contributed by atoms with Crippen molar-refractivity contribution in [3.63, 3.8) is 0 Å². The van der Waals surface area contributed by atoms with Crippen LogP contribution in [0.2, 0.25) is 0 Å². The Morgan fingerprint density at radius 2 is 1.69 bits per heavy atom. The summed E-state index contributed by atoms with van der Waals surface area (Å²) < 4.78 is 41.5. The predicted octanol–water partition coefficient (Wildman–Crippen LogP) is 2.99. The number of benzene rings is 1. The van der Waals surface area contributed by atoms with Gasteiger partial charge in [0.25, 0.3) is 0 Å². The zero-order valence-corrected chi connectivity index (χ0v) is 17.4. The van der Waals surface area contributed by atoms with Gasteiger partial charge in [-0.25, -0.2) is 9.59 Å². The highest BCUT2D eigenvalue weighted by Crippen LogP contribution is 2.38. The van der Waals surface area contributed by atoms with Crippen molar-refractivity contribution >= 4 is 17.7 Å². The predicted molar refractivity (Wildman–Crippen MR) is 110 cm³/mol. The summed E-state index contributed by atoms with van der Waals surface area (Å²) in [5.41, 5.74) is 0.249. The lowest BCUT2D eigenvalue weighted by molar-refractivity contribution is -0.137. The topological polar surface area (TPSA) is 81.9 Å². The molecule has 0 saturated carbocycles. The van der Waals surface area contributed by atoms with Crippen molar-refractivity contribution in [2.24, 2.45) is 0 Å². The molecule has 0 spiro atoms. The molecule has 0 atom stereocenters. The van der Waals surface area contributed by atoms with Crippen LogP contribution in [0, 0.1) is 0 Å². The lowest BCUT2D eigenvalue weighted by atomic mass is 10.1. The van der Waals surface area contributed by atoms with E-state index in [2.05, 4.69) is 10.00 Å². The van der Waals surface area contributed by atoms with Crippen molar-refractivity contribution in [1.82, 2.24) is 19.6 Å². The third kappa shape index (κ3) is 4.72. The SMILES string of the molecule is O=C(O)c1ccn(C(=O)N2CCN(Cc3ccc(C(F)(F)F)c(N4CCCC4)c3)CC2)n1. The van der Waals surface area contributed by atoms with E-state index < -0.39 is 23.7 Å². The van der Waals surface area contributed by atoms with Gasteiger partial charge in [0.05, 0.1) is 5.56 Å². The summed E-state index contributed by atoms with van der Waals surface area (Å²) in [5.74, 6) is -1.20. The normalized spacial score (nSPS) is 17.7. The lowest BCUT2D eigenvalue weighted by Crippen LogP contribution is -2.49. The molecule has 2 aromatic rings. The van der Waals surface area contributed by atoms with Crippen molar-refractivity contribution in [3.8, 4) is 0 Å². The molecule has 1 aromatic heterocycles. The average Bonchev–Trinajstić information content (AvgIpc) is 3.45. The summed E-state index contributed by atoms with van der Waals surface area (Å²) in [6.45, 7) is 3.69. The quantitative estimate of drug-likeness (QED) is 0.770.